The maximum absolute atomic E-state index is 13.8. The van der Waals surface area contributed by atoms with E-state index in [4.69, 9.17) is 9.47 Å². The van der Waals surface area contributed by atoms with Crippen LogP contribution >= 0.6 is 15.9 Å². The summed E-state index contributed by atoms with van der Waals surface area (Å²) in [5, 5.41) is 8.57. The van der Waals surface area contributed by atoms with Gasteiger partial charge in [0.15, 0.2) is 21.8 Å². The number of fused-ring (bicyclic) bond motifs is 1. The van der Waals surface area contributed by atoms with E-state index in [1.165, 1.54) is 30.3 Å². The SMILES string of the molecule is CCOC(=O)c1cnn(-c2nc(OC)c3c(n2)c(Br)nn3[C@@H](C)c2ccc(F)c(F)c2)c1. The number of hydrogen-bond donors (Lipinski definition) is 0. The third kappa shape index (κ3) is 3.81. The minimum absolute atomic E-state index is 0.144. The molecule has 0 saturated carbocycles. The van der Waals surface area contributed by atoms with Crippen LogP contribution in [0.25, 0.3) is 17.0 Å². The highest BCUT2D eigenvalue weighted by molar-refractivity contribution is 9.10. The summed E-state index contributed by atoms with van der Waals surface area (Å²) in [6, 6.07) is 3.17. The summed E-state index contributed by atoms with van der Waals surface area (Å²) in [5.41, 5.74) is 1.60. The fraction of sp³-hybridized carbons (Fsp3) is 0.250. The van der Waals surface area contributed by atoms with E-state index < -0.39 is 23.6 Å². The van der Waals surface area contributed by atoms with Gasteiger partial charge in [-0.1, -0.05) is 6.07 Å². The van der Waals surface area contributed by atoms with Crippen LogP contribution in [0.2, 0.25) is 0 Å². The molecule has 32 heavy (non-hydrogen) atoms. The number of benzene rings is 1. The number of carbonyl (C=O) groups is 1. The van der Waals surface area contributed by atoms with Gasteiger partial charge in [-0.25, -0.2) is 27.9 Å². The predicted octanol–water partition coefficient (Wildman–Crippen LogP) is 3.85. The Kier molecular flexibility index (Phi) is 5.87. The van der Waals surface area contributed by atoms with Crippen molar-refractivity contribution in [3.63, 3.8) is 0 Å². The largest absolute Gasteiger partial charge is 0.479 e. The lowest BCUT2D eigenvalue weighted by Gasteiger charge is -2.15. The molecule has 0 aliphatic heterocycles. The highest BCUT2D eigenvalue weighted by atomic mass is 79.9. The van der Waals surface area contributed by atoms with Gasteiger partial charge in [-0.2, -0.15) is 15.2 Å². The summed E-state index contributed by atoms with van der Waals surface area (Å²) < 4.78 is 40.8. The van der Waals surface area contributed by atoms with Crippen molar-refractivity contribution in [1.29, 1.82) is 0 Å². The van der Waals surface area contributed by atoms with E-state index >= 15 is 0 Å². The van der Waals surface area contributed by atoms with Crippen molar-refractivity contribution in [1.82, 2.24) is 29.5 Å². The normalized spacial score (nSPS) is 12.2. The van der Waals surface area contributed by atoms with Gasteiger partial charge in [0.05, 0.1) is 31.5 Å². The molecule has 0 aliphatic rings. The van der Waals surface area contributed by atoms with E-state index in [-0.39, 0.29) is 24.0 Å². The second-order valence-corrected chi connectivity index (χ2v) is 7.46. The Balaban J connectivity index is 1.80. The number of rotatable bonds is 6. The average molecular weight is 507 g/mol. The molecule has 0 N–H and O–H groups in total. The zero-order valence-corrected chi connectivity index (χ0v) is 18.8. The van der Waals surface area contributed by atoms with E-state index in [2.05, 4.69) is 36.1 Å². The average Bonchev–Trinajstić information content (AvgIpc) is 3.40. The van der Waals surface area contributed by atoms with Crippen molar-refractivity contribution in [3.8, 4) is 11.8 Å². The van der Waals surface area contributed by atoms with Crippen molar-refractivity contribution >= 4 is 32.9 Å². The molecule has 3 aromatic heterocycles. The number of carbonyl (C=O) groups excluding carboxylic acids is 1. The maximum atomic E-state index is 13.8. The lowest BCUT2D eigenvalue weighted by molar-refractivity contribution is 0.0526. The van der Waals surface area contributed by atoms with Crippen LogP contribution in [-0.2, 0) is 4.74 Å². The second kappa shape index (κ2) is 8.61. The van der Waals surface area contributed by atoms with Crippen LogP contribution in [0.5, 0.6) is 5.88 Å². The molecular formula is C20H17BrF2N6O3. The minimum atomic E-state index is -0.952. The predicted molar refractivity (Wildman–Crippen MR) is 113 cm³/mol. The van der Waals surface area contributed by atoms with E-state index in [1.807, 2.05) is 0 Å². The first-order valence-corrected chi connectivity index (χ1v) is 10.3. The zero-order valence-electron chi connectivity index (χ0n) is 17.2. The summed E-state index contributed by atoms with van der Waals surface area (Å²) in [6.45, 7) is 3.72. The van der Waals surface area contributed by atoms with Gasteiger partial charge in [0, 0.05) is 6.20 Å². The number of aromatic nitrogens is 6. The molecule has 4 rings (SSSR count). The van der Waals surface area contributed by atoms with Gasteiger partial charge in [0.2, 0.25) is 5.88 Å². The van der Waals surface area contributed by atoms with Crippen molar-refractivity contribution in [3.05, 3.63) is 58.0 Å². The van der Waals surface area contributed by atoms with E-state index in [0.29, 0.717) is 21.2 Å². The first kappa shape index (κ1) is 21.8. The van der Waals surface area contributed by atoms with E-state index in [9.17, 15) is 13.6 Å². The first-order chi connectivity index (χ1) is 15.3. The molecule has 166 valence electrons. The second-order valence-electron chi connectivity index (χ2n) is 6.71. The fourth-order valence-corrected chi connectivity index (χ4v) is 3.60. The van der Waals surface area contributed by atoms with Gasteiger partial charge >= 0.3 is 5.97 Å². The quantitative estimate of drug-likeness (QED) is 0.366. The standard InChI is InChI=1S/C20H17BrF2N6O3/c1-4-32-19(30)12-8-24-28(9-12)20-25-15-16(18(26-20)31-3)29(27-17(15)21)10(2)11-5-6-13(22)14(23)7-11/h5-10H,4H2,1-3H3/t10-/m0/s1. The molecule has 4 aromatic rings. The van der Waals surface area contributed by atoms with Crippen LogP contribution in [0.1, 0.15) is 35.8 Å². The van der Waals surface area contributed by atoms with Crippen LogP contribution < -0.4 is 4.74 Å². The molecule has 12 heteroatoms. The third-order valence-electron chi connectivity index (χ3n) is 4.75. The van der Waals surface area contributed by atoms with Crippen LogP contribution in [0.3, 0.4) is 0 Å². The van der Waals surface area contributed by atoms with Crippen LogP contribution in [-0.4, -0.2) is 49.2 Å². The number of esters is 1. The molecule has 0 radical (unpaired) electrons. The molecule has 0 amide bonds. The summed E-state index contributed by atoms with van der Waals surface area (Å²) in [4.78, 5) is 20.8. The van der Waals surface area contributed by atoms with Crippen LogP contribution in [0, 0.1) is 11.6 Å². The van der Waals surface area contributed by atoms with Gasteiger partial charge in [0.25, 0.3) is 5.95 Å². The topological polar surface area (TPSA) is 96.9 Å². The summed E-state index contributed by atoms with van der Waals surface area (Å²) in [7, 11) is 1.44. The van der Waals surface area contributed by atoms with Crippen molar-refractivity contribution in [2.75, 3.05) is 13.7 Å². The monoisotopic (exact) mass is 506 g/mol. The Morgan fingerprint density at radius 3 is 2.72 bits per heavy atom. The Morgan fingerprint density at radius 1 is 1.25 bits per heavy atom. The highest BCUT2D eigenvalue weighted by Crippen LogP contribution is 2.33. The summed E-state index contributed by atoms with van der Waals surface area (Å²) in [6.07, 6.45) is 2.79. The maximum Gasteiger partial charge on any atom is 0.341 e. The molecule has 0 unspecified atom stereocenters. The molecule has 3 heterocycles. The zero-order chi connectivity index (χ0) is 23.0. The van der Waals surface area contributed by atoms with Gasteiger partial charge in [0.1, 0.15) is 5.52 Å². The van der Waals surface area contributed by atoms with Crippen molar-refractivity contribution in [2.24, 2.45) is 0 Å². The Morgan fingerprint density at radius 2 is 2.03 bits per heavy atom. The molecule has 9 nitrogen and oxygen atoms in total. The molecule has 0 spiro atoms. The Labute approximate surface area is 189 Å². The van der Waals surface area contributed by atoms with E-state index in [1.54, 1.807) is 18.5 Å². The van der Waals surface area contributed by atoms with Gasteiger partial charge in [-0.15, -0.1) is 0 Å². The molecule has 1 aromatic carbocycles. The lowest BCUT2D eigenvalue weighted by atomic mass is 10.1. The molecule has 0 aliphatic carbocycles. The highest BCUT2D eigenvalue weighted by Gasteiger charge is 2.23. The van der Waals surface area contributed by atoms with Crippen LogP contribution in [0.4, 0.5) is 8.78 Å². The number of nitrogens with zero attached hydrogens (tertiary/aromatic N) is 6. The third-order valence-corrected chi connectivity index (χ3v) is 5.28. The van der Waals surface area contributed by atoms with E-state index in [0.717, 1.165) is 12.1 Å². The number of methoxy groups -OCH3 is 1. The van der Waals surface area contributed by atoms with Gasteiger partial charge in [-0.05, 0) is 47.5 Å². The minimum Gasteiger partial charge on any atom is -0.479 e. The number of ether oxygens (including phenoxy) is 2. The molecule has 1 atom stereocenters. The number of hydrogen-bond acceptors (Lipinski definition) is 7. The summed E-state index contributed by atoms with van der Waals surface area (Å²) in [5.74, 6) is -2.07. The smallest absolute Gasteiger partial charge is 0.341 e. The van der Waals surface area contributed by atoms with Crippen LogP contribution in [0.15, 0.2) is 35.2 Å². The van der Waals surface area contributed by atoms with Crippen molar-refractivity contribution in [2.45, 2.75) is 19.9 Å². The van der Waals surface area contributed by atoms with Gasteiger partial charge in [-0.3, -0.25) is 0 Å². The van der Waals surface area contributed by atoms with Crippen molar-refractivity contribution < 1.29 is 23.0 Å². The molecule has 0 fully saturated rings. The molecular weight excluding hydrogens is 490 g/mol. The Bertz CT molecular complexity index is 1320. The Hall–Kier alpha value is -3.41. The number of halogens is 3. The molecule has 0 saturated heterocycles. The molecule has 0 bridgehead atoms. The fourth-order valence-electron chi connectivity index (χ4n) is 3.16. The lowest BCUT2D eigenvalue weighted by Crippen LogP contribution is -2.11. The summed E-state index contributed by atoms with van der Waals surface area (Å²) >= 11 is 3.39. The first-order valence-electron chi connectivity index (χ1n) is 9.50. The van der Waals surface area contributed by atoms with Gasteiger partial charge < -0.3 is 9.47 Å².